The lowest BCUT2D eigenvalue weighted by Gasteiger charge is -2.27. The maximum absolute atomic E-state index is 6.74. The van der Waals surface area contributed by atoms with Crippen molar-refractivity contribution in [2.24, 2.45) is 0 Å². The fraction of sp³-hybridized carbons (Fsp3) is 0.400. The fourth-order valence-electron chi connectivity index (χ4n) is 5.58. The molecule has 0 spiro atoms. The Balaban J connectivity index is 2.25. The zero-order valence-electron chi connectivity index (χ0n) is 18.8. The number of aromatic nitrogens is 2. The summed E-state index contributed by atoms with van der Waals surface area (Å²) in [6, 6.07) is 11.6. The van der Waals surface area contributed by atoms with Gasteiger partial charge in [0.25, 0.3) is 5.65 Å². The molecule has 0 aliphatic carbocycles. The van der Waals surface area contributed by atoms with E-state index in [0.29, 0.717) is 12.0 Å². The minimum Gasteiger partial charge on any atom is -0.533 e. The van der Waals surface area contributed by atoms with Crippen LogP contribution in [0.4, 0.5) is 0 Å². The van der Waals surface area contributed by atoms with Crippen LogP contribution < -0.4 is 14.1 Å². The van der Waals surface area contributed by atoms with Crippen molar-refractivity contribution < 1.29 is 8.83 Å². The van der Waals surface area contributed by atoms with Crippen LogP contribution >= 0.6 is 0 Å². The molecule has 2 aromatic heterocycles. The fourth-order valence-corrected chi connectivity index (χ4v) is 8.14. The number of benzene rings is 2. The molecule has 0 radical (unpaired) electrons. The lowest BCUT2D eigenvalue weighted by atomic mass is 9.93. The van der Waals surface area contributed by atoms with Gasteiger partial charge < -0.3 is 4.43 Å². The maximum Gasteiger partial charge on any atom is 0.324 e. The molecule has 0 atom stereocenters. The van der Waals surface area contributed by atoms with Gasteiger partial charge in [-0.25, -0.2) is 4.57 Å². The summed E-state index contributed by atoms with van der Waals surface area (Å²) in [7, 11) is -2.09. The van der Waals surface area contributed by atoms with E-state index < -0.39 is 8.32 Å². The molecule has 0 N–H and O–H groups in total. The van der Waals surface area contributed by atoms with Crippen molar-refractivity contribution in [3.05, 3.63) is 47.2 Å². The normalized spacial score (nSPS) is 15.4. The molecule has 3 heterocycles. The van der Waals surface area contributed by atoms with E-state index in [1.54, 1.807) is 0 Å². The van der Waals surface area contributed by atoms with Gasteiger partial charge in [0.1, 0.15) is 5.69 Å². The number of pyridine rings is 1. The number of fused-ring (bicyclic) bond motifs is 3. The van der Waals surface area contributed by atoms with E-state index >= 15 is 0 Å². The van der Waals surface area contributed by atoms with Crippen molar-refractivity contribution in [1.82, 2.24) is 4.57 Å². The molecule has 5 rings (SSSR count). The van der Waals surface area contributed by atoms with Crippen LogP contribution in [0.15, 0.2) is 30.3 Å². The number of nitrogens with zero attached hydrogens (tertiary/aromatic N) is 2. The van der Waals surface area contributed by atoms with Crippen LogP contribution in [0.2, 0.25) is 13.1 Å². The lowest BCUT2D eigenvalue weighted by molar-refractivity contribution is -0.462. The Morgan fingerprint density at radius 2 is 1.69 bits per heavy atom. The first-order chi connectivity index (χ1) is 13.6. The van der Waals surface area contributed by atoms with Crippen LogP contribution in [0, 0.1) is 13.8 Å². The average Bonchev–Trinajstić information content (AvgIpc) is 2.96. The second-order valence-corrected chi connectivity index (χ2v) is 13.4. The Morgan fingerprint density at radius 3 is 2.34 bits per heavy atom. The third kappa shape index (κ3) is 2.27. The van der Waals surface area contributed by atoms with E-state index in [1.165, 1.54) is 49.5 Å². The first-order valence-corrected chi connectivity index (χ1v) is 13.7. The van der Waals surface area contributed by atoms with Crippen molar-refractivity contribution in [3.63, 3.8) is 0 Å². The van der Waals surface area contributed by atoms with Crippen LogP contribution in [-0.4, -0.2) is 12.9 Å². The van der Waals surface area contributed by atoms with Crippen molar-refractivity contribution in [2.45, 2.75) is 66.6 Å². The van der Waals surface area contributed by atoms with Gasteiger partial charge in [0.15, 0.2) is 16.6 Å². The molecular weight excluding hydrogens is 372 g/mol. The average molecular weight is 404 g/mol. The second kappa shape index (κ2) is 5.85. The van der Waals surface area contributed by atoms with E-state index in [-0.39, 0.29) is 0 Å². The highest BCUT2D eigenvalue weighted by Gasteiger charge is 2.46. The molecule has 0 bridgehead atoms. The van der Waals surface area contributed by atoms with Crippen LogP contribution in [-0.2, 0) is 0 Å². The van der Waals surface area contributed by atoms with Crippen LogP contribution in [0.1, 0.15) is 56.5 Å². The summed E-state index contributed by atoms with van der Waals surface area (Å²) in [6.45, 7) is 18.4. The standard InChI is InChI=1S/C25H31N2OSi/c1-14(2)18-10-9-11-19-21-16(5)12-13-20-23(21)27-24(22(18)19)26(15(3)4)17(6)25(27)29(7,8)28-20/h9-15H,1-8H3/q+1. The third-order valence-corrected chi connectivity index (χ3v) is 9.06. The van der Waals surface area contributed by atoms with Gasteiger partial charge in [0.2, 0.25) is 0 Å². The molecule has 3 nitrogen and oxygen atoms in total. The maximum atomic E-state index is 6.74. The van der Waals surface area contributed by atoms with E-state index in [9.17, 15) is 0 Å². The zero-order valence-corrected chi connectivity index (χ0v) is 19.8. The predicted molar refractivity (Wildman–Crippen MR) is 124 cm³/mol. The van der Waals surface area contributed by atoms with Gasteiger partial charge in [-0.1, -0.05) is 38.1 Å². The smallest absolute Gasteiger partial charge is 0.324 e. The largest absolute Gasteiger partial charge is 0.533 e. The molecule has 29 heavy (non-hydrogen) atoms. The Kier molecular flexibility index (Phi) is 3.77. The molecule has 0 unspecified atom stereocenters. The van der Waals surface area contributed by atoms with Crippen LogP contribution in [0.5, 0.6) is 5.75 Å². The Bertz CT molecular complexity index is 1330. The van der Waals surface area contributed by atoms with Crippen LogP contribution in [0.3, 0.4) is 0 Å². The number of hydrogen-bond donors (Lipinski definition) is 0. The monoisotopic (exact) mass is 403 g/mol. The summed E-state index contributed by atoms with van der Waals surface area (Å²) < 4.78 is 11.9. The highest BCUT2D eigenvalue weighted by molar-refractivity contribution is 6.84. The second-order valence-electron chi connectivity index (χ2n) is 9.70. The summed E-state index contributed by atoms with van der Waals surface area (Å²) in [5.41, 5.74) is 6.69. The highest BCUT2D eigenvalue weighted by atomic mass is 28.4. The van der Waals surface area contributed by atoms with Gasteiger partial charge >= 0.3 is 8.32 Å². The van der Waals surface area contributed by atoms with Gasteiger partial charge in [-0.15, -0.1) is 0 Å². The molecule has 0 amide bonds. The molecule has 4 heteroatoms. The third-order valence-electron chi connectivity index (χ3n) is 6.60. The van der Waals surface area contributed by atoms with Gasteiger partial charge in [-0.05, 0) is 57.0 Å². The minimum atomic E-state index is -2.09. The molecule has 0 fully saturated rings. The molecular formula is C25H31N2OSi+. The van der Waals surface area contributed by atoms with Crippen LogP contribution in [0.25, 0.3) is 27.3 Å². The number of rotatable bonds is 2. The molecule has 150 valence electrons. The first-order valence-electron chi connectivity index (χ1n) is 10.8. The van der Waals surface area contributed by atoms with Gasteiger partial charge in [-0.2, -0.15) is 4.40 Å². The summed E-state index contributed by atoms with van der Waals surface area (Å²) in [6.07, 6.45) is 0. The van der Waals surface area contributed by atoms with E-state index in [4.69, 9.17) is 4.43 Å². The topological polar surface area (TPSA) is 18.3 Å². The quantitative estimate of drug-likeness (QED) is 0.240. The molecule has 1 aliphatic heterocycles. The SMILES string of the molecule is Cc1ccc2c3c1c1cccc(C(C)C)c1c1n(C(C)C)c(C)c([n+]31)[Si](C)(C)O2. The van der Waals surface area contributed by atoms with Gasteiger partial charge in [0, 0.05) is 17.7 Å². The molecule has 4 aromatic rings. The van der Waals surface area contributed by atoms with Gasteiger partial charge in [0.05, 0.1) is 11.4 Å². The van der Waals surface area contributed by atoms with Gasteiger partial charge in [-0.3, -0.25) is 0 Å². The molecule has 0 saturated heterocycles. The van der Waals surface area contributed by atoms with Crippen molar-refractivity contribution in [3.8, 4) is 5.75 Å². The number of imidazole rings is 1. The molecule has 2 aromatic carbocycles. The zero-order chi connectivity index (χ0) is 20.8. The number of hydrogen-bond acceptors (Lipinski definition) is 1. The highest BCUT2D eigenvalue weighted by Crippen LogP contribution is 2.40. The van der Waals surface area contributed by atoms with E-state index in [2.05, 4.69) is 93.9 Å². The molecule has 1 aliphatic rings. The Labute approximate surface area is 174 Å². The predicted octanol–water partition coefficient (Wildman–Crippen LogP) is 5.66. The summed E-state index contributed by atoms with van der Waals surface area (Å²) in [5, 5.41) is 5.50. The minimum absolute atomic E-state index is 0.385. The van der Waals surface area contributed by atoms with E-state index in [0.717, 1.165) is 5.75 Å². The Hall–Kier alpha value is -2.33. The molecule has 0 saturated carbocycles. The summed E-state index contributed by atoms with van der Waals surface area (Å²) in [5.74, 6) is 1.51. The van der Waals surface area contributed by atoms with Crippen molar-refractivity contribution >= 4 is 41.0 Å². The Morgan fingerprint density at radius 1 is 0.966 bits per heavy atom. The van der Waals surface area contributed by atoms with E-state index in [1.807, 2.05) is 0 Å². The summed E-state index contributed by atoms with van der Waals surface area (Å²) in [4.78, 5) is 0. The van der Waals surface area contributed by atoms with Crippen molar-refractivity contribution in [2.75, 3.05) is 0 Å². The van der Waals surface area contributed by atoms with Crippen molar-refractivity contribution in [1.29, 1.82) is 0 Å². The summed E-state index contributed by atoms with van der Waals surface area (Å²) >= 11 is 0. The number of aryl methyl sites for hydroxylation is 1. The first kappa shape index (κ1) is 18.7. The lowest BCUT2D eigenvalue weighted by Crippen LogP contribution is -2.62.